The number of aromatic nitrogens is 4. The summed E-state index contributed by atoms with van der Waals surface area (Å²) in [5.41, 5.74) is 2.96. The normalized spacial score (nSPS) is 11.2. The molecule has 3 aromatic carbocycles. The molecule has 0 amide bonds. The molecule has 160 valence electrons. The van der Waals surface area contributed by atoms with Gasteiger partial charge in [-0.3, -0.25) is 13.8 Å². The Kier molecular flexibility index (Phi) is 5.07. The summed E-state index contributed by atoms with van der Waals surface area (Å²) in [5.74, 6) is 2.10. The van der Waals surface area contributed by atoms with Crippen molar-refractivity contribution >= 4 is 22.4 Å². The van der Waals surface area contributed by atoms with Crippen molar-refractivity contribution in [2.75, 3.05) is 12.0 Å². The van der Waals surface area contributed by atoms with Gasteiger partial charge in [-0.25, -0.2) is 0 Å². The maximum Gasteiger partial charge on any atom is 0.262 e. The van der Waals surface area contributed by atoms with Crippen LogP contribution in [0, 0.1) is 0 Å². The fourth-order valence-corrected chi connectivity index (χ4v) is 4.00. The lowest BCUT2D eigenvalue weighted by Crippen LogP contribution is -2.25. The molecule has 0 N–H and O–H groups in total. The van der Waals surface area contributed by atoms with Crippen LogP contribution in [0.5, 0.6) is 5.75 Å². The molecule has 7 nitrogen and oxygen atoms in total. The van der Waals surface area contributed by atoms with Crippen LogP contribution in [0.1, 0.15) is 11.4 Å². The van der Waals surface area contributed by atoms with E-state index in [1.165, 1.54) is 5.56 Å². The van der Waals surface area contributed by atoms with Gasteiger partial charge in [0.2, 0.25) is 5.78 Å². The van der Waals surface area contributed by atoms with Crippen LogP contribution in [0.2, 0.25) is 0 Å². The number of nitrogens with zero attached hydrogens (tertiary/aromatic N) is 5. The molecule has 0 fully saturated rings. The summed E-state index contributed by atoms with van der Waals surface area (Å²) in [7, 11) is 3.39. The number of methoxy groups -OCH3 is 1. The number of hydrogen-bond donors (Lipinski definition) is 0. The molecule has 0 unspecified atom stereocenters. The van der Waals surface area contributed by atoms with Gasteiger partial charge in [0.1, 0.15) is 5.75 Å². The SMILES string of the molecule is COc1ccc(N(Cc2ccccc2)Cc2nnc3n(C)c(=O)c4ccccc4n23)cc1. The Morgan fingerprint density at radius 2 is 1.59 bits per heavy atom. The van der Waals surface area contributed by atoms with E-state index in [0.717, 1.165) is 22.8 Å². The van der Waals surface area contributed by atoms with Gasteiger partial charge in [-0.15, -0.1) is 10.2 Å². The fourth-order valence-electron chi connectivity index (χ4n) is 4.00. The van der Waals surface area contributed by atoms with Crippen LogP contribution in [0.25, 0.3) is 16.7 Å². The summed E-state index contributed by atoms with van der Waals surface area (Å²) in [5, 5.41) is 9.46. The van der Waals surface area contributed by atoms with Gasteiger partial charge in [0.15, 0.2) is 5.82 Å². The van der Waals surface area contributed by atoms with Crippen LogP contribution < -0.4 is 15.2 Å². The zero-order valence-corrected chi connectivity index (χ0v) is 18.0. The van der Waals surface area contributed by atoms with E-state index in [1.54, 1.807) is 18.7 Å². The van der Waals surface area contributed by atoms with Crippen molar-refractivity contribution < 1.29 is 4.74 Å². The van der Waals surface area contributed by atoms with Crippen molar-refractivity contribution in [1.29, 1.82) is 0 Å². The Morgan fingerprint density at radius 1 is 0.875 bits per heavy atom. The van der Waals surface area contributed by atoms with E-state index >= 15 is 0 Å². The molecule has 0 saturated carbocycles. The molecule has 0 aliphatic carbocycles. The number of anilines is 1. The van der Waals surface area contributed by atoms with Gasteiger partial charge in [0.05, 0.1) is 24.6 Å². The van der Waals surface area contributed by atoms with Crippen molar-refractivity contribution in [3.05, 3.63) is 101 Å². The van der Waals surface area contributed by atoms with Crippen molar-refractivity contribution in [1.82, 2.24) is 19.2 Å². The molecular weight excluding hydrogens is 402 g/mol. The quantitative estimate of drug-likeness (QED) is 0.414. The topological polar surface area (TPSA) is 64.7 Å². The number of hydrogen-bond acceptors (Lipinski definition) is 5. The lowest BCUT2D eigenvalue weighted by molar-refractivity contribution is 0.415. The largest absolute Gasteiger partial charge is 0.497 e. The number of ether oxygens (including phenoxy) is 1. The minimum absolute atomic E-state index is 0.0802. The number of para-hydroxylation sites is 1. The maximum atomic E-state index is 12.8. The Hall–Kier alpha value is -4.13. The standard InChI is InChI=1S/C25H23N5O2/c1-28-24(31)21-10-6-7-11-22(21)30-23(26-27-25(28)30)17-29(16-18-8-4-3-5-9-18)19-12-14-20(32-2)15-13-19/h3-15H,16-17H2,1-2H3. The highest BCUT2D eigenvalue weighted by Crippen LogP contribution is 2.24. The molecule has 0 bridgehead atoms. The monoisotopic (exact) mass is 425 g/mol. The molecule has 0 atom stereocenters. The lowest BCUT2D eigenvalue weighted by Gasteiger charge is -2.24. The van der Waals surface area contributed by atoms with E-state index < -0.39 is 0 Å². The molecule has 2 aromatic heterocycles. The van der Waals surface area contributed by atoms with E-state index in [4.69, 9.17) is 4.74 Å². The Balaban J connectivity index is 1.62. The zero-order chi connectivity index (χ0) is 22.1. The molecule has 0 saturated heterocycles. The molecule has 2 heterocycles. The summed E-state index contributed by atoms with van der Waals surface area (Å²) in [4.78, 5) is 15.0. The van der Waals surface area contributed by atoms with Gasteiger partial charge in [-0.1, -0.05) is 42.5 Å². The summed E-state index contributed by atoms with van der Waals surface area (Å²) < 4.78 is 8.85. The predicted octanol–water partition coefficient (Wildman–Crippen LogP) is 3.80. The van der Waals surface area contributed by atoms with Gasteiger partial charge in [-0.2, -0.15) is 0 Å². The average molecular weight is 425 g/mol. The van der Waals surface area contributed by atoms with E-state index in [1.807, 2.05) is 71.1 Å². The van der Waals surface area contributed by atoms with Gasteiger partial charge < -0.3 is 9.64 Å². The van der Waals surface area contributed by atoms with Gasteiger partial charge in [-0.05, 0) is 42.0 Å². The van der Waals surface area contributed by atoms with Crippen molar-refractivity contribution in [3.63, 3.8) is 0 Å². The van der Waals surface area contributed by atoms with E-state index in [-0.39, 0.29) is 5.56 Å². The number of aryl methyl sites for hydroxylation is 1. The summed E-state index contributed by atoms with van der Waals surface area (Å²) in [6, 6.07) is 25.9. The molecule has 5 aromatic rings. The van der Waals surface area contributed by atoms with Crippen LogP contribution in [-0.2, 0) is 20.1 Å². The number of fused-ring (bicyclic) bond motifs is 3. The first kappa shape index (κ1) is 19.8. The van der Waals surface area contributed by atoms with Crippen molar-refractivity contribution in [2.24, 2.45) is 7.05 Å². The first-order chi connectivity index (χ1) is 15.7. The molecule has 5 rings (SSSR count). The third kappa shape index (κ3) is 3.47. The highest BCUT2D eigenvalue weighted by Gasteiger charge is 2.18. The maximum absolute atomic E-state index is 12.8. The second-order valence-electron chi connectivity index (χ2n) is 7.67. The number of benzene rings is 3. The molecular formula is C25H23N5O2. The predicted molar refractivity (Wildman–Crippen MR) is 125 cm³/mol. The molecule has 0 spiro atoms. The highest BCUT2D eigenvalue weighted by atomic mass is 16.5. The second-order valence-corrected chi connectivity index (χ2v) is 7.67. The summed E-state index contributed by atoms with van der Waals surface area (Å²) >= 11 is 0. The fraction of sp³-hybridized carbons (Fsp3) is 0.160. The zero-order valence-electron chi connectivity index (χ0n) is 18.0. The van der Waals surface area contributed by atoms with Crippen LogP contribution in [-0.4, -0.2) is 26.3 Å². The smallest absolute Gasteiger partial charge is 0.262 e. The van der Waals surface area contributed by atoms with E-state index in [0.29, 0.717) is 24.3 Å². The Bertz CT molecular complexity index is 1440. The van der Waals surface area contributed by atoms with Gasteiger partial charge in [0.25, 0.3) is 5.56 Å². The van der Waals surface area contributed by atoms with Crippen LogP contribution in [0.3, 0.4) is 0 Å². The van der Waals surface area contributed by atoms with E-state index in [9.17, 15) is 4.79 Å². The third-order valence-corrected chi connectivity index (χ3v) is 5.68. The van der Waals surface area contributed by atoms with Crippen LogP contribution in [0.4, 0.5) is 5.69 Å². The number of rotatable bonds is 6. The van der Waals surface area contributed by atoms with Crippen molar-refractivity contribution in [2.45, 2.75) is 13.1 Å². The second kappa shape index (κ2) is 8.19. The van der Waals surface area contributed by atoms with Gasteiger partial charge in [0, 0.05) is 19.3 Å². The lowest BCUT2D eigenvalue weighted by atomic mass is 10.2. The van der Waals surface area contributed by atoms with E-state index in [2.05, 4.69) is 27.2 Å². The molecule has 7 heteroatoms. The van der Waals surface area contributed by atoms with Gasteiger partial charge >= 0.3 is 0 Å². The molecule has 32 heavy (non-hydrogen) atoms. The average Bonchev–Trinajstić information content (AvgIpc) is 3.27. The summed E-state index contributed by atoms with van der Waals surface area (Å²) in [6.07, 6.45) is 0. The van der Waals surface area contributed by atoms with Crippen molar-refractivity contribution in [3.8, 4) is 5.75 Å². The van der Waals surface area contributed by atoms with Crippen LogP contribution in [0.15, 0.2) is 83.7 Å². The third-order valence-electron chi connectivity index (χ3n) is 5.68. The molecule has 0 aliphatic heterocycles. The highest BCUT2D eigenvalue weighted by molar-refractivity contribution is 5.80. The first-order valence-electron chi connectivity index (χ1n) is 10.4. The van der Waals surface area contributed by atoms with Crippen LogP contribution >= 0.6 is 0 Å². The molecule has 0 radical (unpaired) electrons. The minimum Gasteiger partial charge on any atom is -0.497 e. The first-order valence-corrected chi connectivity index (χ1v) is 10.4. The summed E-state index contributed by atoms with van der Waals surface area (Å²) in [6.45, 7) is 1.22. The molecule has 0 aliphatic rings. The Labute approximate surface area is 185 Å². The minimum atomic E-state index is -0.0802. The Morgan fingerprint density at radius 3 is 2.34 bits per heavy atom.